The van der Waals surface area contributed by atoms with E-state index in [0.29, 0.717) is 36.2 Å². The van der Waals surface area contributed by atoms with Crippen molar-refractivity contribution in [2.45, 2.75) is 34.3 Å². The Hall–Kier alpha value is -4.46. The van der Waals surface area contributed by atoms with Crippen molar-refractivity contribution in [3.8, 4) is 22.9 Å². The Labute approximate surface area is 216 Å². The van der Waals surface area contributed by atoms with Crippen molar-refractivity contribution in [3.05, 3.63) is 95.2 Å². The maximum atomic E-state index is 12.4. The van der Waals surface area contributed by atoms with Crippen molar-refractivity contribution in [3.63, 3.8) is 0 Å². The van der Waals surface area contributed by atoms with Gasteiger partial charge in [0.25, 0.3) is 0 Å². The van der Waals surface area contributed by atoms with Gasteiger partial charge in [0.2, 0.25) is 0 Å². The lowest BCUT2D eigenvalue weighted by Crippen LogP contribution is -2.16. The minimum Gasteiger partial charge on any atom is -0.490 e. The molecule has 0 aliphatic heterocycles. The van der Waals surface area contributed by atoms with Gasteiger partial charge >= 0.3 is 5.91 Å². The molecule has 192 valence electrons. The van der Waals surface area contributed by atoms with E-state index in [-0.39, 0.29) is 12.4 Å². The first-order valence-electron chi connectivity index (χ1n) is 12.2. The normalized spacial score (nSPS) is 11.0. The summed E-state index contributed by atoms with van der Waals surface area (Å²) < 4.78 is 24.8. The van der Waals surface area contributed by atoms with Gasteiger partial charge in [0, 0.05) is 17.1 Å². The Morgan fingerprint density at radius 2 is 1.59 bits per heavy atom. The number of benzene rings is 2. The predicted octanol–water partition coefficient (Wildman–Crippen LogP) is 5.83. The van der Waals surface area contributed by atoms with E-state index in [0.717, 1.165) is 11.3 Å². The van der Waals surface area contributed by atoms with E-state index in [9.17, 15) is 4.79 Å². The number of hydrogen-bond donors (Lipinski definition) is 1. The molecule has 2 heterocycles. The number of nitrogens with zero attached hydrogens (tertiary/aromatic N) is 2. The number of carbonyl (C=O) groups excluding carboxylic acids is 1. The molecule has 0 bridgehead atoms. The summed E-state index contributed by atoms with van der Waals surface area (Å²) in [5, 5.41) is 4.03. The maximum absolute atomic E-state index is 12.4. The second-order valence-corrected chi connectivity index (χ2v) is 8.27. The summed E-state index contributed by atoms with van der Waals surface area (Å²) in [7, 11) is 0. The molecule has 0 aliphatic carbocycles. The number of ether oxygens (including phenoxy) is 3. The van der Waals surface area contributed by atoms with Gasteiger partial charge in [-0.3, -0.25) is 4.79 Å². The topological polar surface area (TPSA) is 87.2 Å². The first kappa shape index (κ1) is 25.6. The fraction of sp³-hybridized carbons (Fsp3) is 0.241. The molecule has 1 N–H and O–H groups in total. The number of hydrogen-bond acceptors (Lipinski definition) is 6. The molecule has 0 fully saturated rings. The predicted molar refractivity (Wildman–Crippen MR) is 142 cm³/mol. The zero-order chi connectivity index (χ0) is 26.2. The van der Waals surface area contributed by atoms with E-state index in [1.807, 2.05) is 50.2 Å². The molecule has 0 spiro atoms. The molecule has 0 saturated carbocycles. The zero-order valence-electron chi connectivity index (χ0n) is 21.5. The quantitative estimate of drug-likeness (QED) is 0.206. The fourth-order valence-corrected chi connectivity index (χ4v) is 3.87. The van der Waals surface area contributed by atoms with E-state index >= 15 is 0 Å². The minimum atomic E-state index is -0.458. The first-order chi connectivity index (χ1) is 18.0. The Kier molecular flexibility index (Phi) is 8.30. The summed E-state index contributed by atoms with van der Waals surface area (Å²) >= 11 is 0. The molecule has 0 atom stereocenters. The van der Waals surface area contributed by atoms with Crippen molar-refractivity contribution in [1.29, 1.82) is 0 Å². The van der Waals surface area contributed by atoms with E-state index in [1.165, 1.54) is 17.6 Å². The number of amides is 1. The van der Waals surface area contributed by atoms with Crippen LogP contribution in [0.3, 0.4) is 0 Å². The molecular formula is C29H31N3O5. The highest BCUT2D eigenvalue weighted by Crippen LogP contribution is 2.28. The molecule has 8 nitrogen and oxygen atoms in total. The van der Waals surface area contributed by atoms with Gasteiger partial charge in [0.15, 0.2) is 17.3 Å². The number of aryl methyl sites for hydroxylation is 2. The van der Waals surface area contributed by atoms with Gasteiger partial charge in [0.05, 0.1) is 19.4 Å². The molecule has 0 saturated heterocycles. The third-order valence-electron chi connectivity index (χ3n) is 5.58. The number of nitrogens with one attached hydrogen (secondary N) is 1. The van der Waals surface area contributed by atoms with Crippen LogP contribution in [-0.2, 0) is 6.61 Å². The molecule has 2 aromatic heterocycles. The van der Waals surface area contributed by atoms with Crippen LogP contribution in [0, 0.1) is 13.8 Å². The van der Waals surface area contributed by atoms with Gasteiger partial charge in [0.1, 0.15) is 18.1 Å². The van der Waals surface area contributed by atoms with Crippen LogP contribution in [0.1, 0.15) is 47.1 Å². The highest BCUT2D eigenvalue weighted by Gasteiger charge is 2.12. The summed E-state index contributed by atoms with van der Waals surface area (Å²) in [6.45, 7) is 9.22. The lowest BCUT2D eigenvalue weighted by molar-refractivity contribution is 0.0923. The second kappa shape index (κ2) is 12.0. The van der Waals surface area contributed by atoms with Gasteiger partial charge in [-0.1, -0.05) is 0 Å². The van der Waals surface area contributed by atoms with Crippen LogP contribution in [0.2, 0.25) is 0 Å². The summed E-state index contributed by atoms with van der Waals surface area (Å²) in [5.41, 5.74) is 6.65. The Bertz CT molecular complexity index is 1350. The zero-order valence-corrected chi connectivity index (χ0v) is 21.5. The van der Waals surface area contributed by atoms with Crippen molar-refractivity contribution in [2.24, 2.45) is 5.10 Å². The fourth-order valence-electron chi connectivity index (χ4n) is 3.87. The van der Waals surface area contributed by atoms with Crippen LogP contribution in [0.15, 0.2) is 76.2 Å². The molecular weight excluding hydrogens is 470 g/mol. The number of furan rings is 1. The second-order valence-electron chi connectivity index (χ2n) is 8.27. The third-order valence-corrected chi connectivity index (χ3v) is 5.58. The Morgan fingerprint density at radius 3 is 2.30 bits per heavy atom. The summed E-state index contributed by atoms with van der Waals surface area (Å²) in [6, 6.07) is 20.8. The van der Waals surface area contributed by atoms with Crippen LogP contribution < -0.4 is 19.6 Å². The van der Waals surface area contributed by atoms with Crippen LogP contribution >= 0.6 is 0 Å². The number of rotatable bonds is 11. The standard InChI is InChI=1S/C29H31N3O5/c1-5-34-26-15-9-22(17-28(26)35-6-2)18-30-31-29(33)27-16-14-25(37-27)19-36-24-12-10-23(11-13-24)32-20(3)7-8-21(32)4/h7-18H,5-6,19H2,1-4H3,(H,31,33)/b30-18+. The lowest BCUT2D eigenvalue weighted by atomic mass is 10.2. The Balaban J connectivity index is 1.31. The molecule has 1 amide bonds. The van der Waals surface area contributed by atoms with Crippen LogP contribution in [0.25, 0.3) is 5.69 Å². The largest absolute Gasteiger partial charge is 0.490 e. The summed E-state index contributed by atoms with van der Waals surface area (Å²) in [4.78, 5) is 12.4. The van der Waals surface area contributed by atoms with E-state index in [4.69, 9.17) is 18.6 Å². The molecule has 37 heavy (non-hydrogen) atoms. The van der Waals surface area contributed by atoms with Gasteiger partial charge in [-0.05, 0) is 100.0 Å². The van der Waals surface area contributed by atoms with Crippen LogP contribution in [0.4, 0.5) is 0 Å². The first-order valence-corrected chi connectivity index (χ1v) is 12.2. The highest BCUT2D eigenvalue weighted by atomic mass is 16.5. The monoisotopic (exact) mass is 501 g/mol. The molecule has 2 aromatic carbocycles. The van der Waals surface area contributed by atoms with Crippen molar-refractivity contribution >= 4 is 12.1 Å². The Morgan fingerprint density at radius 1 is 0.892 bits per heavy atom. The van der Waals surface area contributed by atoms with E-state index in [1.54, 1.807) is 18.2 Å². The number of carbonyl (C=O) groups is 1. The van der Waals surface area contributed by atoms with Crippen LogP contribution in [0.5, 0.6) is 17.2 Å². The molecule has 4 rings (SSSR count). The number of aromatic nitrogens is 1. The van der Waals surface area contributed by atoms with Crippen molar-refractivity contribution in [2.75, 3.05) is 13.2 Å². The smallest absolute Gasteiger partial charge is 0.307 e. The average molecular weight is 502 g/mol. The van der Waals surface area contributed by atoms with E-state index < -0.39 is 5.91 Å². The maximum Gasteiger partial charge on any atom is 0.307 e. The van der Waals surface area contributed by atoms with Gasteiger partial charge < -0.3 is 23.2 Å². The molecule has 8 heteroatoms. The minimum absolute atomic E-state index is 0.145. The van der Waals surface area contributed by atoms with Gasteiger partial charge in [-0.15, -0.1) is 0 Å². The third kappa shape index (κ3) is 6.41. The lowest BCUT2D eigenvalue weighted by Gasteiger charge is -2.11. The van der Waals surface area contributed by atoms with Crippen LogP contribution in [-0.4, -0.2) is 29.9 Å². The molecule has 4 aromatic rings. The molecule has 0 radical (unpaired) electrons. The van der Waals surface area contributed by atoms with E-state index in [2.05, 4.69) is 41.1 Å². The van der Waals surface area contributed by atoms with Gasteiger partial charge in [-0.25, -0.2) is 5.43 Å². The van der Waals surface area contributed by atoms with Crippen molar-refractivity contribution in [1.82, 2.24) is 9.99 Å². The number of hydrazone groups is 1. The SMILES string of the molecule is CCOc1ccc(/C=N/NC(=O)c2ccc(COc3ccc(-n4c(C)ccc4C)cc3)o2)cc1OCC. The molecule has 0 unspecified atom stereocenters. The summed E-state index contributed by atoms with van der Waals surface area (Å²) in [5.74, 6) is 2.22. The average Bonchev–Trinajstić information content (AvgIpc) is 3.51. The highest BCUT2D eigenvalue weighted by molar-refractivity contribution is 5.92. The summed E-state index contributed by atoms with van der Waals surface area (Å²) in [6.07, 6.45) is 1.53. The van der Waals surface area contributed by atoms with Gasteiger partial charge in [-0.2, -0.15) is 5.10 Å². The molecule has 0 aliphatic rings. The van der Waals surface area contributed by atoms with Crippen molar-refractivity contribution < 1.29 is 23.4 Å².